The Bertz CT molecular complexity index is 404. The van der Waals surface area contributed by atoms with Crippen LogP contribution in [-0.4, -0.2) is 64.3 Å². The van der Waals surface area contributed by atoms with E-state index in [1.54, 1.807) is 0 Å². The minimum Gasteiger partial charge on any atom is -0.331 e. The quantitative estimate of drug-likeness (QED) is 0.695. The van der Waals surface area contributed by atoms with Crippen LogP contribution in [0.25, 0.3) is 0 Å². The van der Waals surface area contributed by atoms with Crippen molar-refractivity contribution in [2.75, 3.05) is 55.4 Å². The molecule has 0 radical (unpaired) electrons. The van der Waals surface area contributed by atoms with Crippen molar-refractivity contribution in [1.29, 1.82) is 0 Å². The Morgan fingerprint density at radius 3 is 1.14 bits per heavy atom. The van der Waals surface area contributed by atoms with Crippen LogP contribution < -0.4 is 0 Å². The lowest BCUT2D eigenvalue weighted by molar-refractivity contribution is -0.870. The second-order valence-corrected chi connectivity index (χ2v) is 8.23. The Morgan fingerprint density at radius 2 is 0.909 bits per heavy atom. The normalized spacial score (nSPS) is 11.6. The van der Waals surface area contributed by atoms with Crippen LogP contribution in [0.1, 0.15) is 37.1 Å². The number of aryl methyl sites for hydroxylation is 2. The Labute approximate surface area is 140 Å². The van der Waals surface area contributed by atoms with E-state index >= 15 is 0 Å². The molecule has 0 heterocycles. The third kappa shape index (κ3) is 8.55. The molecule has 0 aliphatic heterocycles. The van der Waals surface area contributed by atoms with E-state index in [1.807, 2.05) is 0 Å². The summed E-state index contributed by atoms with van der Waals surface area (Å²) in [5.74, 6) is 0. The highest BCUT2D eigenvalue weighted by Gasteiger charge is 2.12. The fourth-order valence-electron chi connectivity index (χ4n) is 2.39. The van der Waals surface area contributed by atoms with Gasteiger partial charge in [0.15, 0.2) is 0 Å². The van der Waals surface area contributed by atoms with Crippen molar-refractivity contribution in [3.05, 3.63) is 34.4 Å². The predicted molar refractivity (Wildman–Crippen MR) is 103 cm³/mol. The van der Waals surface area contributed by atoms with Crippen LogP contribution in [0.2, 0.25) is 0 Å². The Hall–Kier alpha value is -0.860. The van der Waals surface area contributed by atoms with Crippen LogP contribution in [-0.2, 0) is 12.8 Å². The smallest absolute Gasteiger partial charge is 0.0821 e. The zero-order valence-electron chi connectivity index (χ0n) is 14.9. The fraction of sp³-hybridized carbons (Fsp3) is 0.700. The molecule has 0 N–H and O–H groups in total. The molecule has 1 aromatic carbocycles. The van der Waals surface area contributed by atoms with E-state index in [-0.39, 0.29) is 14.9 Å². The van der Waals surface area contributed by atoms with Gasteiger partial charge < -0.3 is 8.97 Å². The molecule has 0 saturated heterocycles. The van der Waals surface area contributed by atoms with E-state index < -0.39 is 0 Å². The third-order valence-electron chi connectivity index (χ3n) is 3.90. The van der Waals surface area contributed by atoms with Gasteiger partial charge in [-0.3, -0.25) is 0 Å². The molecule has 22 heavy (non-hydrogen) atoms. The van der Waals surface area contributed by atoms with Gasteiger partial charge in [0.25, 0.3) is 0 Å². The van der Waals surface area contributed by atoms with Crippen LogP contribution in [0.15, 0.2) is 12.1 Å². The highest BCUT2D eigenvalue weighted by Crippen LogP contribution is 2.18. The topological polar surface area (TPSA) is 0 Å². The molecule has 2 nitrogen and oxygen atoms in total. The molecule has 0 aliphatic rings. The van der Waals surface area contributed by atoms with Crippen LogP contribution in [0.3, 0.4) is 0 Å². The van der Waals surface area contributed by atoms with E-state index in [0.717, 1.165) is 8.97 Å². The predicted octanol–water partition coefficient (Wildman–Crippen LogP) is 4.07. The summed E-state index contributed by atoms with van der Waals surface area (Å²) in [5, 5.41) is 0. The van der Waals surface area contributed by atoms with Crippen molar-refractivity contribution in [2.24, 2.45) is 0 Å². The van der Waals surface area contributed by atoms with Gasteiger partial charge in [0.1, 0.15) is 0 Å². The van der Waals surface area contributed by atoms with Gasteiger partial charge in [0.2, 0.25) is 0 Å². The van der Waals surface area contributed by atoms with Gasteiger partial charge in [0.05, 0.1) is 55.4 Å². The number of benzene rings is 1. The zero-order chi connectivity index (χ0) is 15.6. The maximum atomic E-state index is 2.41. The molecule has 0 aromatic heterocycles. The first-order valence-electron chi connectivity index (χ1n) is 7.68. The van der Waals surface area contributed by atoms with Crippen molar-refractivity contribution in [2.45, 2.75) is 41.5 Å². The Morgan fingerprint density at radius 1 is 0.636 bits per heavy atom. The summed E-state index contributed by atoms with van der Waals surface area (Å²) in [5.41, 5.74) is 5.95. The standard InChI is InChI=1S/C18H34N2.2CH4/c1-15-13-18(10-12-20(6,7)8)16(2)14-17(15)9-11-19(3,4)5;;/h13-14H,9-12H2,1-8H3;2*1H4/q+2;;. The van der Waals surface area contributed by atoms with Crippen molar-refractivity contribution in [1.82, 2.24) is 0 Å². The largest absolute Gasteiger partial charge is 0.331 e. The zero-order valence-corrected chi connectivity index (χ0v) is 14.9. The number of hydrogen-bond donors (Lipinski definition) is 0. The summed E-state index contributed by atoms with van der Waals surface area (Å²) in [6.45, 7) is 6.91. The van der Waals surface area contributed by atoms with E-state index in [1.165, 1.54) is 48.2 Å². The first-order valence-corrected chi connectivity index (χ1v) is 7.68. The van der Waals surface area contributed by atoms with Crippen LogP contribution in [0, 0.1) is 13.8 Å². The number of rotatable bonds is 6. The summed E-state index contributed by atoms with van der Waals surface area (Å²) in [7, 11) is 13.6. The molecule has 0 spiro atoms. The van der Waals surface area contributed by atoms with Gasteiger partial charge in [-0.05, 0) is 36.1 Å². The maximum absolute atomic E-state index is 2.41. The molecule has 1 aromatic rings. The summed E-state index contributed by atoms with van der Waals surface area (Å²) >= 11 is 0. The summed E-state index contributed by atoms with van der Waals surface area (Å²) in [6, 6.07) is 4.83. The van der Waals surface area contributed by atoms with E-state index in [0.29, 0.717) is 0 Å². The van der Waals surface area contributed by atoms with Crippen LogP contribution in [0.4, 0.5) is 0 Å². The molecule has 0 bridgehead atoms. The monoisotopic (exact) mass is 310 g/mol. The molecule has 0 saturated carbocycles. The molecule has 0 aliphatic carbocycles. The lowest BCUT2D eigenvalue weighted by Crippen LogP contribution is -2.36. The Balaban J connectivity index is 0. The number of likely N-dealkylation sites (N-methyl/N-ethyl adjacent to an activating group) is 2. The molecule has 130 valence electrons. The summed E-state index contributed by atoms with van der Waals surface area (Å²) in [4.78, 5) is 0. The van der Waals surface area contributed by atoms with Crippen LogP contribution in [0.5, 0.6) is 0 Å². The first-order chi connectivity index (χ1) is 8.98. The third-order valence-corrected chi connectivity index (χ3v) is 3.90. The van der Waals surface area contributed by atoms with Gasteiger partial charge >= 0.3 is 0 Å². The van der Waals surface area contributed by atoms with Crippen LogP contribution >= 0.6 is 0 Å². The molecular formula is C20H42N2+2. The number of nitrogens with zero attached hydrogens (tertiary/aromatic N) is 2. The van der Waals surface area contributed by atoms with E-state index in [4.69, 9.17) is 0 Å². The molecule has 2 heteroatoms. The van der Waals surface area contributed by atoms with Gasteiger partial charge in [-0.25, -0.2) is 0 Å². The van der Waals surface area contributed by atoms with Crippen molar-refractivity contribution < 1.29 is 8.97 Å². The average Bonchev–Trinajstić information content (AvgIpc) is 2.25. The van der Waals surface area contributed by atoms with Crippen molar-refractivity contribution in [3.8, 4) is 0 Å². The highest BCUT2D eigenvalue weighted by atomic mass is 15.3. The average molecular weight is 311 g/mol. The minimum absolute atomic E-state index is 0. The molecule has 0 unspecified atom stereocenters. The van der Waals surface area contributed by atoms with Crippen molar-refractivity contribution >= 4 is 0 Å². The molecular weight excluding hydrogens is 268 g/mol. The van der Waals surface area contributed by atoms with Gasteiger partial charge in [-0.2, -0.15) is 0 Å². The lowest BCUT2D eigenvalue weighted by Gasteiger charge is -2.25. The van der Waals surface area contributed by atoms with Gasteiger partial charge in [0, 0.05) is 12.8 Å². The fourth-order valence-corrected chi connectivity index (χ4v) is 2.39. The second kappa shape index (κ2) is 8.69. The lowest BCUT2D eigenvalue weighted by atomic mass is 9.96. The van der Waals surface area contributed by atoms with E-state index in [9.17, 15) is 0 Å². The molecule has 0 atom stereocenters. The number of quaternary nitrogens is 2. The van der Waals surface area contributed by atoms with Gasteiger partial charge in [-0.15, -0.1) is 0 Å². The molecule has 0 amide bonds. The Kier molecular flexibility index (Phi) is 9.24. The minimum atomic E-state index is 0. The first kappa shape index (κ1) is 23.4. The molecule has 1 rings (SSSR count). The second-order valence-electron chi connectivity index (χ2n) is 8.23. The summed E-state index contributed by atoms with van der Waals surface area (Å²) < 4.78 is 2.06. The SMILES string of the molecule is C.C.Cc1cc(CC[N+](C)(C)C)c(C)cc1CC[N+](C)(C)C. The maximum Gasteiger partial charge on any atom is 0.0821 e. The number of hydrogen-bond acceptors (Lipinski definition) is 0. The molecule has 0 fully saturated rings. The van der Waals surface area contributed by atoms with E-state index in [2.05, 4.69) is 68.3 Å². The highest BCUT2D eigenvalue weighted by molar-refractivity contribution is 5.37. The summed E-state index contributed by atoms with van der Waals surface area (Å²) in [6.07, 6.45) is 2.34. The van der Waals surface area contributed by atoms with Gasteiger partial charge in [-0.1, -0.05) is 27.0 Å². The van der Waals surface area contributed by atoms with Crippen molar-refractivity contribution in [3.63, 3.8) is 0 Å².